The molecule has 0 radical (unpaired) electrons. The van der Waals surface area contributed by atoms with E-state index in [9.17, 15) is 4.79 Å². The van der Waals surface area contributed by atoms with Gasteiger partial charge in [-0.15, -0.1) is 0 Å². The summed E-state index contributed by atoms with van der Waals surface area (Å²) in [7, 11) is 0. The molecule has 0 bridgehead atoms. The predicted molar refractivity (Wildman–Crippen MR) is 71.2 cm³/mol. The van der Waals surface area contributed by atoms with Gasteiger partial charge in [0.1, 0.15) is 5.75 Å². The summed E-state index contributed by atoms with van der Waals surface area (Å²) in [5, 5.41) is 0.508. The Kier molecular flexibility index (Phi) is 3.67. The summed E-state index contributed by atoms with van der Waals surface area (Å²) in [5.74, 6) is 0.629. The molecule has 0 unspecified atom stereocenters. The van der Waals surface area contributed by atoms with Crippen molar-refractivity contribution in [2.75, 3.05) is 6.61 Å². The van der Waals surface area contributed by atoms with Crippen LogP contribution in [0.4, 0.5) is 0 Å². The minimum atomic E-state index is -0.366. The van der Waals surface area contributed by atoms with Crippen LogP contribution in [-0.4, -0.2) is 16.6 Å². The van der Waals surface area contributed by atoms with Crippen LogP contribution in [0.3, 0.4) is 0 Å². The number of aryl methyl sites for hydroxylation is 1. The van der Waals surface area contributed by atoms with Crippen LogP contribution < -0.4 is 10.4 Å². The molecule has 2 aromatic rings. The largest absolute Gasteiger partial charge is 0.492 e. The van der Waals surface area contributed by atoms with Gasteiger partial charge >= 0.3 is 5.69 Å². The van der Waals surface area contributed by atoms with Gasteiger partial charge in [-0.2, -0.15) is 4.98 Å². The summed E-state index contributed by atoms with van der Waals surface area (Å²) in [5.41, 5.74) is 1.78. The molecule has 0 saturated carbocycles. The molecule has 5 heteroatoms. The molecule has 0 aliphatic carbocycles. The summed E-state index contributed by atoms with van der Waals surface area (Å²) >= 11 is 6.10. The van der Waals surface area contributed by atoms with Crippen LogP contribution >= 0.6 is 11.6 Å². The lowest BCUT2D eigenvalue weighted by Gasteiger charge is -2.07. The van der Waals surface area contributed by atoms with Gasteiger partial charge < -0.3 is 9.72 Å². The third-order valence-electron chi connectivity index (χ3n) is 2.41. The monoisotopic (exact) mass is 264 g/mol. The summed E-state index contributed by atoms with van der Waals surface area (Å²) in [4.78, 5) is 17.8. The van der Waals surface area contributed by atoms with E-state index >= 15 is 0 Å². The lowest BCUT2D eigenvalue weighted by molar-refractivity contribution is 0.340. The summed E-state index contributed by atoms with van der Waals surface area (Å²) in [6.07, 6.45) is 0. The Morgan fingerprint density at radius 3 is 2.78 bits per heavy atom. The number of H-pyrrole nitrogens is 1. The summed E-state index contributed by atoms with van der Waals surface area (Å²) in [6, 6.07) is 7.15. The summed E-state index contributed by atoms with van der Waals surface area (Å²) in [6.45, 7) is 4.26. The van der Waals surface area contributed by atoms with Crippen LogP contribution in [0.5, 0.6) is 5.75 Å². The molecule has 0 aliphatic rings. The number of hydrogen-bond acceptors (Lipinski definition) is 3. The highest BCUT2D eigenvalue weighted by atomic mass is 35.5. The fourth-order valence-corrected chi connectivity index (χ4v) is 1.90. The third kappa shape index (κ3) is 2.71. The third-order valence-corrected chi connectivity index (χ3v) is 2.70. The van der Waals surface area contributed by atoms with E-state index in [1.54, 1.807) is 18.2 Å². The second-order valence-corrected chi connectivity index (χ2v) is 4.24. The number of rotatable bonds is 3. The molecule has 0 fully saturated rings. The lowest BCUT2D eigenvalue weighted by atomic mass is 10.1. The Labute approximate surface area is 110 Å². The number of nitrogens with zero attached hydrogens (tertiary/aromatic N) is 1. The molecule has 1 heterocycles. The van der Waals surface area contributed by atoms with E-state index in [1.165, 1.54) is 0 Å². The molecule has 94 valence electrons. The zero-order chi connectivity index (χ0) is 13.1. The van der Waals surface area contributed by atoms with Crippen molar-refractivity contribution >= 4 is 11.6 Å². The van der Waals surface area contributed by atoms with Gasteiger partial charge in [-0.1, -0.05) is 11.6 Å². The fraction of sp³-hybridized carbons (Fsp3) is 0.231. The molecule has 0 atom stereocenters. The minimum absolute atomic E-state index is 0.366. The Bertz CT molecular complexity index is 623. The van der Waals surface area contributed by atoms with E-state index in [4.69, 9.17) is 16.3 Å². The molecular weight excluding hydrogens is 252 g/mol. The Hall–Kier alpha value is -1.81. The smallest absolute Gasteiger partial charge is 0.345 e. The van der Waals surface area contributed by atoms with Gasteiger partial charge in [0.2, 0.25) is 0 Å². The highest BCUT2D eigenvalue weighted by Crippen LogP contribution is 2.29. The first kappa shape index (κ1) is 12.6. The second kappa shape index (κ2) is 5.23. The number of nitrogens with one attached hydrogen (secondary N) is 1. The van der Waals surface area contributed by atoms with Crippen molar-refractivity contribution in [1.29, 1.82) is 0 Å². The van der Waals surface area contributed by atoms with Gasteiger partial charge in [-0.05, 0) is 38.1 Å². The van der Waals surface area contributed by atoms with Crippen LogP contribution in [0.15, 0.2) is 29.1 Å². The van der Waals surface area contributed by atoms with Crippen molar-refractivity contribution in [2.45, 2.75) is 13.8 Å². The van der Waals surface area contributed by atoms with Crippen molar-refractivity contribution in [2.24, 2.45) is 0 Å². The highest BCUT2D eigenvalue weighted by molar-refractivity contribution is 6.32. The first-order valence-electron chi connectivity index (χ1n) is 5.61. The average molecular weight is 265 g/mol. The van der Waals surface area contributed by atoms with Crippen LogP contribution in [0.25, 0.3) is 11.3 Å². The Morgan fingerprint density at radius 2 is 2.17 bits per heavy atom. The normalized spacial score (nSPS) is 10.4. The second-order valence-electron chi connectivity index (χ2n) is 3.83. The first-order chi connectivity index (χ1) is 8.60. The molecule has 0 amide bonds. The first-order valence-corrected chi connectivity index (χ1v) is 5.98. The van der Waals surface area contributed by atoms with Crippen LogP contribution in [-0.2, 0) is 0 Å². The molecule has 0 saturated heterocycles. The highest BCUT2D eigenvalue weighted by Gasteiger charge is 2.06. The van der Waals surface area contributed by atoms with Gasteiger partial charge in [-0.3, -0.25) is 0 Å². The maximum absolute atomic E-state index is 11.3. The molecule has 1 aromatic heterocycles. The van der Waals surface area contributed by atoms with E-state index in [0.717, 1.165) is 11.3 Å². The van der Waals surface area contributed by atoms with E-state index in [0.29, 0.717) is 23.1 Å². The zero-order valence-electron chi connectivity index (χ0n) is 10.2. The van der Waals surface area contributed by atoms with Crippen molar-refractivity contribution < 1.29 is 4.74 Å². The van der Waals surface area contributed by atoms with Crippen molar-refractivity contribution in [1.82, 2.24) is 9.97 Å². The van der Waals surface area contributed by atoms with E-state index in [2.05, 4.69) is 9.97 Å². The van der Waals surface area contributed by atoms with Crippen molar-refractivity contribution in [3.63, 3.8) is 0 Å². The van der Waals surface area contributed by atoms with Gasteiger partial charge in [0, 0.05) is 11.3 Å². The molecule has 0 spiro atoms. The Balaban J connectivity index is 2.45. The molecule has 0 aliphatic heterocycles. The van der Waals surface area contributed by atoms with E-state index < -0.39 is 0 Å². The number of halogens is 1. The van der Waals surface area contributed by atoms with Crippen molar-refractivity contribution in [3.8, 4) is 17.0 Å². The number of ether oxygens (including phenoxy) is 1. The van der Waals surface area contributed by atoms with Crippen LogP contribution in [0, 0.1) is 6.92 Å². The fourth-order valence-electron chi connectivity index (χ4n) is 1.66. The minimum Gasteiger partial charge on any atom is -0.492 e. The maximum atomic E-state index is 11.3. The molecule has 1 aromatic carbocycles. The van der Waals surface area contributed by atoms with Gasteiger partial charge in [-0.25, -0.2) is 4.79 Å². The lowest BCUT2D eigenvalue weighted by Crippen LogP contribution is -2.11. The molecule has 18 heavy (non-hydrogen) atoms. The maximum Gasteiger partial charge on any atom is 0.345 e. The molecule has 2 rings (SSSR count). The van der Waals surface area contributed by atoms with E-state index in [1.807, 2.05) is 19.9 Å². The standard InChI is InChI=1S/C13H13ClN2O2/c1-3-18-12-5-4-9(7-10(12)14)11-6-8(2)15-13(17)16-11/h4-7H,3H2,1-2H3,(H,15,16,17). The quantitative estimate of drug-likeness (QED) is 0.927. The number of aromatic nitrogens is 2. The van der Waals surface area contributed by atoms with Crippen LogP contribution in [0.1, 0.15) is 12.6 Å². The zero-order valence-corrected chi connectivity index (χ0v) is 10.9. The van der Waals surface area contributed by atoms with Gasteiger partial charge in [0.15, 0.2) is 0 Å². The summed E-state index contributed by atoms with van der Waals surface area (Å²) < 4.78 is 5.35. The SMILES string of the molecule is CCOc1ccc(-c2cc(C)[nH]c(=O)n2)cc1Cl. The van der Waals surface area contributed by atoms with Gasteiger partial charge in [0.05, 0.1) is 17.3 Å². The van der Waals surface area contributed by atoms with Crippen molar-refractivity contribution in [3.05, 3.63) is 45.5 Å². The van der Waals surface area contributed by atoms with E-state index in [-0.39, 0.29) is 5.69 Å². The topological polar surface area (TPSA) is 55.0 Å². The molecule has 4 nitrogen and oxygen atoms in total. The Morgan fingerprint density at radius 1 is 1.39 bits per heavy atom. The van der Waals surface area contributed by atoms with Gasteiger partial charge in [0.25, 0.3) is 0 Å². The number of aromatic amines is 1. The average Bonchev–Trinajstić information content (AvgIpc) is 2.30. The van der Waals surface area contributed by atoms with Crippen LogP contribution in [0.2, 0.25) is 5.02 Å². The predicted octanol–water partition coefficient (Wildman–Crippen LogP) is 2.80. The number of benzene rings is 1. The molecular formula is C13H13ClN2O2. The number of hydrogen-bond donors (Lipinski definition) is 1. The molecule has 1 N–H and O–H groups in total.